The van der Waals surface area contributed by atoms with Crippen molar-refractivity contribution in [3.8, 4) is 0 Å². The third kappa shape index (κ3) is 3.88. The van der Waals surface area contributed by atoms with E-state index in [0.29, 0.717) is 17.2 Å². The number of rotatable bonds is 6. The lowest BCUT2D eigenvalue weighted by atomic mass is 10.2. The average Bonchev–Trinajstić information content (AvgIpc) is 2.65. The average molecular weight is 310 g/mol. The van der Waals surface area contributed by atoms with Crippen LogP contribution in [0.3, 0.4) is 0 Å². The third-order valence-electron chi connectivity index (χ3n) is 2.16. The molecular weight excluding hydrogens is 294 g/mol. The summed E-state index contributed by atoms with van der Waals surface area (Å²) in [6.07, 6.45) is 3.07. The van der Waals surface area contributed by atoms with E-state index >= 15 is 0 Å². The predicted octanol–water partition coefficient (Wildman–Crippen LogP) is 1.56. The molecule has 0 saturated carbocycles. The smallest absolute Gasteiger partial charge is 0.257 e. The quantitative estimate of drug-likeness (QED) is 0.783. The van der Waals surface area contributed by atoms with Crippen molar-refractivity contribution in [1.29, 1.82) is 0 Å². The molecule has 0 spiro atoms. The minimum Gasteiger partial charge on any atom is -0.332 e. The molecule has 1 heterocycles. The van der Waals surface area contributed by atoms with Gasteiger partial charge in [-0.15, -0.1) is 0 Å². The number of sulfonamides is 1. The molecule has 5 nitrogen and oxygen atoms in total. The summed E-state index contributed by atoms with van der Waals surface area (Å²) in [6, 6.07) is 0. The van der Waals surface area contributed by atoms with Gasteiger partial charge in [0.15, 0.2) is 5.03 Å². The van der Waals surface area contributed by atoms with E-state index in [4.69, 9.17) is 0 Å². The molecule has 16 heavy (non-hydrogen) atoms. The maximum Gasteiger partial charge on any atom is 0.257 e. The number of nitrogens with one attached hydrogen (secondary N) is 2. The number of H-pyrrole nitrogens is 1. The number of nitrogens with zero attached hydrogens (tertiary/aromatic N) is 1. The monoisotopic (exact) mass is 309 g/mol. The number of aromatic amines is 1. The molecule has 92 valence electrons. The number of hydrogen-bond acceptors (Lipinski definition) is 3. The number of imidazole rings is 1. The standard InChI is InChI=1S/C9H16BrN3O2S/c1-3-8(10)4-5-12-16(14,15)9-6-11-7(2)13-9/h6,8,12H,3-5H2,1-2H3,(H,11,13). The summed E-state index contributed by atoms with van der Waals surface area (Å²) in [6.45, 7) is 4.18. The maximum atomic E-state index is 11.7. The fraction of sp³-hybridized carbons (Fsp3) is 0.667. The Bertz CT molecular complexity index is 430. The molecule has 2 N–H and O–H groups in total. The second kappa shape index (κ2) is 5.79. The first-order valence-electron chi connectivity index (χ1n) is 5.11. The molecule has 0 aliphatic heterocycles. The molecule has 0 amide bonds. The number of halogens is 1. The summed E-state index contributed by atoms with van der Waals surface area (Å²) >= 11 is 3.45. The van der Waals surface area contributed by atoms with Gasteiger partial charge in [0.2, 0.25) is 0 Å². The lowest BCUT2D eigenvalue weighted by Gasteiger charge is -2.07. The number of hydrogen-bond donors (Lipinski definition) is 2. The first kappa shape index (κ1) is 13.7. The van der Waals surface area contributed by atoms with Crippen LogP contribution in [0.15, 0.2) is 11.2 Å². The van der Waals surface area contributed by atoms with Gasteiger partial charge in [0.1, 0.15) is 5.82 Å². The van der Waals surface area contributed by atoms with Gasteiger partial charge < -0.3 is 4.98 Å². The van der Waals surface area contributed by atoms with Gasteiger partial charge >= 0.3 is 0 Å². The van der Waals surface area contributed by atoms with Gasteiger partial charge in [-0.1, -0.05) is 22.9 Å². The zero-order chi connectivity index (χ0) is 12.2. The Hall–Kier alpha value is -0.400. The van der Waals surface area contributed by atoms with E-state index in [2.05, 4.69) is 30.6 Å². The number of aromatic nitrogens is 2. The molecule has 1 atom stereocenters. The van der Waals surface area contributed by atoms with E-state index < -0.39 is 10.0 Å². The molecule has 7 heteroatoms. The molecule has 0 saturated heterocycles. The summed E-state index contributed by atoms with van der Waals surface area (Å²) in [7, 11) is -3.43. The zero-order valence-electron chi connectivity index (χ0n) is 9.33. The van der Waals surface area contributed by atoms with Crippen molar-refractivity contribution in [1.82, 2.24) is 14.7 Å². The molecule has 0 aliphatic carbocycles. The molecule has 0 aromatic carbocycles. The van der Waals surface area contributed by atoms with Gasteiger partial charge in [-0.2, -0.15) is 0 Å². The molecule has 1 unspecified atom stereocenters. The van der Waals surface area contributed by atoms with Crippen LogP contribution in [0.1, 0.15) is 25.6 Å². The van der Waals surface area contributed by atoms with Crippen LogP contribution in [0.25, 0.3) is 0 Å². The van der Waals surface area contributed by atoms with Crippen LogP contribution < -0.4 is 4.72 Å². The summed E-state index contributed by atoms with van der Waals surface area (Å²) in [4.78, 5) is 6.90. The summed E-state index contributed by atoms with van der Waals surface area (Å²) in [5.74, 6) is 0.590. The Morgan fingerprint density at radius 3 is 2.81 bits per heavy atom. The van der Waals surface area contributed by atoms with E-state index in [1.165, 1.54) is 6.20 Å². The molecule has 0 radical (unpaired) electrons. The number of alkyl halides is 1. The number of aryl methyl sites for hydroxylation is 1. The van der Waals surface area contributed by atoms with Gasteiger partial charge in [0.05, 0.1) is 6.20 Å². The van der Waals surface area contributed by atoms with Crippen LogP contribution in [0.2, 0.25) is 0 Å². The zero-order valence-corrected chi connectivity index (χ0v) is 11.7. The first-order chi connectivity index (χ1) is 7.45. The van der Waals surface area contributed by atoms with Crippen molar-refractivity contribution in [2.75, 3.05) is 6.54 Å². The normalized spacial score (nSPS) is 13.9. The van der Waals surface area contributed by atoms with E-state index in [1.807, 2.05) is 6.92 Å². The van der Waals surface area contributed by atoms with Crippen LogP contribution in [-0.4, -0.2) is 29.8 Å². The van der Waals surface area contributed by atoms with Crippen LogP contribution in [0, 0.1) is 6.92 Å². The SMILES string of the molecule is CCC(Br)CCNS(=O)(=O)c1cnc(C)[nH]1. The minimum atomic E-state index is -3.43. The third-order valence-corrected chi connectivity index (χ3v) is 4.64. The van der Waals surface area contributed by atoms with E-state index in [-0.39, 0.29) is 5.03 Å². The van der Waals surface area contributed by atoms with Crippen molar-refractivity contribution < 1.29 is 8.42 Å². The van der Waals surface area contributed by atoms with Gasteiger partial charge in [-0.3, -0.25) is 0 Å². The van der Waals surface area contributed by atoms with Crippen molar-refractivity contribution in [2.45, 2.75) is 36.5 Å². The highest BCUT2D eigenvalue weighted by Crippen LogP contribution is 2.09. The predicted molar refractivity (Wildman–Crippen MR) is 66.1 cm³/mol. The van der Waals surface area contributed by atoms with Gasteiger partial charge in [-0.25, -0.2) is 18.1 Å². The van der Waals surface area contributed by atoms with Crippen molar-refractivity contribution in [3.05, 3.63) is 12.0 Å². The molecular formula is C9H16BrN3O2S. The molecule has 1 aromatic heterocycles. The van der Waals surface area contributed by atoms with E-state index in [0.717, 1.165) is 12.8 Å². The van der Waals surface area contributed by atoms with Crippen molar-refractivity contribution in [3.63, 3.8) is 0 Å². The van der Waals surface area contributed by atoms with Crippen LogP contribution in [0.5, 0.6) is 0 Å². The van der Waals surface area contributed by atoms with Gasteiger partial charge in [0.25, 0.3) is 10.0 Å². The fourth-order valence-electron chi connectivity index (χ4n) is 1.17. The van der Waals surface area contributed by atoms with Crippen LogP contribution >= 0.6 is 15.9 Å². The summed E-state index contributed by atoms with van der Waals surface area (Å²) in [5, 5.41) is 0.118. The molecule has 0 aliphatic rings. The van der Waals surface area contributed by atoms with Gasteiger partial charge in [0, 0.05) is 11.4 Å². The Balaban J connectivity index is 2.53. The minimum absolute atomic E-state index is 0.118. The van der Waals surface area contributed by atoms with Crippen LogP contribution in [0.4, 0.5) is 0 Å². The van der Waals surface area contributed by atoms with Crippen molar-refractivity contribution in [2.24, 2.45) is 0 Å². The Labute approximate surface area is 104 Å². The van der Waals surface area contributed by atoms with Crippen LogP contribution in [-0.2, 0) is 10.0 Å². The topological polar surface area (TPSA) is 74.8 Å². The molecule has 0 fully saturated rings. The lowest BCUT2D eigenvalue weighted by molar-refractivity contribution is 0.574. The highest BCUT2D eigenvalue weighted by atomic mass is 79.9. The largest absolute Gasteiger partial charge is 0.332 e. The van der Waals surface area contributed by atoms with E-state index in [1.54, 1.807) is 6.92 Å². The summed E-state index contributed by atoms with van der Waals surface area (Å²) in [5.41, 5.74) is 0. The highest BCUT2D eigenvalue weighted by Gasteiger charge is 2.16. The fourth-order valence-corrected chi connectivity index (χ4v) is 2.41. The molecule has 1 rings (SSSR count). The molecule has 0 bridgehead atoms. The highest BCUT2D eigenvalue weighted by molar-refractivity contribution is 9.09. The Morgan fingerprint density at radius 2 is 2.31 bits per heavy atom. The molecule has 1 aromatic rings. The van der Waals surface area contributed by atoms with Crippen molar-refractivity contribution >= 4 is 26.0 Å². The maximum absolute atomic E-state index is 11.7. The first-order valence-corrected chi connectivity index (χ1v) is 7.51. The lowest BCUT2D eigenvalue weighted by Crippen LogP contribution is -2.26. The van der Waals surface area contributed by atoms with Gasteiger partial charge in [-0.05, 0) is 19.8 Å². The Kier molecular flexibility index (Phi) is 4.94. The second-order valence-electron chi connectivity index (χ2n) is 3.52. The Morgan fingerprint density at radius 1 is 1.62 bits per heavy atom. The van der Waals surface area contributed by atoms with E-state index in [9.17, 15) is 8.42 Å². The second-order valence-corrected chi connectivity index (χ2v) is 6.56. The summed E-state index contributed by atoms with van der Waals surface area (Å²) < 4.78 is 26.0.